The van der Waals surface area contributed by atoms with Crippen LogP contribution in [0.15, 0.2) is 45.7 Å². The Kier molecular flexibility index (Phi) is 6.99. The number of hydrogen-bond donors (Lipinski definition) is 1. The number of nitrogens with one attached hydrogen (secondary N) is 1. The van der Waals surface area contributed by atoms with Crippen molar-refractivity contribution in [1.82, 2.24) is 10.1 Å². The minimum absolute atomic E-state index is 0.0959. The molecule has 190 valence electrons. The molecule has 0 spiro atoms. The van der Waals surface area contributed by atoms with Crippen molar-refractivity contribution in [2.24, 2.45) is 0 Å². The highest BCUT2D eigenvalue weighted by molar-refractivity contribution is 6.88. The van der Waals surface area contributed by atoms with Gasteiger partial charge in [0.1, 0.15) is 29.2 Å². The van der Waals surface area contributed by atoms with Crippen LogP contribution in [-0.4, -0.2) is 43.5 Å². The van der Waals surface area contributed by atoms with Crippen molar-refractivity contribution in [2.45, 2.75) is 44.9 Å². The fourth-order valence-electron chi connectivity index (χ4n) is 4.75. The Labute approximate surface area is 208 Å². The molecule has 1 amide bonds. The predicted molar refractivity (Wildman–Crippen MR) is 132 cm³/mol. The number of hydrogen-bond acceptors (Lipinski definition) is 5. The first-order chi connectivity index (χ1) is 17.0. The van der Waals surface area contributed by atoms with Gasteiger partial charge in [-0.1, -0.05) is 25.7 Å². The van der Waals surface area contributed by atoms with Gasteiger partial charge in [0.15, 0.2) is 5.78 Å². The predicted octanol–water partition coefficient (Wildman–Crippen LogP) is 3.28. The number of ether oxygens (including phenoxy) is 1. The van der Waals surface area contributed by atoms with E-state index in [-0.39, 0.29) is 41.7 Å². The van der Waals surface area contributed by atoms with E-state index in [1.165, 1.54) is 23.1 Å². The van der Waals surface area contributed by atoms with E-state index in [1.54, 1.807) is 19.2 Å². The number of fused-ring (bicyclic) bond motifs is 1. The lowest BCUT2D eigenvalue weighted by Crippen LogP contribution is -2.45. The standard InChI is InChI=1S/C26H28F2N2O5Si/c1-34-17-5-6-19-16(12-17)7-8-30(24(33)14-18-13-23(32)29-35-18)25(19)22(31)11-15-9-20(27)26(21(28)10-15)36(2,3)4/h5-6,9-10,12-13,25H,7-8,11,14H2,1-4H3,(H,29,32)/t25-/m1/s1. The van der Waals surface area contributed by atoms with E-state index >= 15 is 0 Å². The van der Waals surface area contributed by atoms with Crippen LogP contribution in [0.4, 0.5) is 8.78 Å². The summed E-state index contributed by atoms with van der Waals surface area (Å²) in [5.41, 5.74) is 1.24. The van der Waals surface area contributed by atoms with E-state index < -0.39 is 37.2 Å². The third kappa shape index (κ3) is 5.18. The molecule has 0 aliphatic carbocycles. The number of halogens is 2. The molecule has 2 aromatic carbocycles. The Balaban J connectivity index is 1.68. The molecule has 1 aliphatic heterocycles. The second-order valence-corrected chi connectivity index (χ2v) is 15.0. The molecule has 1 aromatic heterocycles. The van der Waals surface area contributed by atoms with Crippen molar-refractivity contribution in [1.29, 1.82) is 0 Å². The first-order valence-electron chi connectivity index (χ1n) is 11.6. The summed E-state index contributed by atoms with van der Waals surface area (Å²) in [4.78, 5) is 39.6. The summed E-state index contributed by atoms with van der Waals surface area (Å²) in [6.45, 7) is 5.80. The molecule has 0 unspecified atom stereocenters. The second kappa shape index (κ2) is 9.85. The average Bonchev–Trinajstić information content (AvgIpc) is 3.20. The normalized spacial score (nSPS) is 15.5. The van der Waals surface area contributed by atoms with Crippen molar-refractivity contribution in [3.63, 3.8) is 0 Å². The number of H-pyrrole nitrogens is 1. The number of Topliss-reactive ketones (excluding diaryl/α,β-unsaturated/α-hetero) is 1. The molecule has 3 aromatic rings. The van der Waals surface area contributed by atoms with Crippen LogP contribution in [0.5, 0.6) is 5.75 Å². The maximum Gasteiger partial charge on any atom is 0.280 e. The first kappa shape index (κ1) is 25.6. The highest BCUT2D eigenvalue weighted by Crippen LogP contribution is 2.34. The van der Waals surface area contributed by atoms with Crippen LogP contribution in [0.1, 0.15) is 28.5 Å². The lowest BCUT2D eigenvalue weighted by molar-refractivity contribution is -0.140. The van der Waals surface area contributed by atoms with Crippen LogP contribution in [0.25, 0.3) is 0 Å². The summed E-state index contributed by atoms with van der Waals surface area (Å²) in [6.07, 6.45) is 0.0362. The zero-order chi connectivity index (χ0) is 26.2. The van der Waals surface area contributed by atoms with Gasteiger partial charge < -0.3 is 14.2 Å². The van der Waals surface area contributed by atoms with Gasteiger partial charge >= 0.3 is 0 Å². The molecule has 1 atom stereocenters. The highest BCUT2D eigenvalue weighted by Gasteiger charge is 2.36. The topological polar surface area (TPSA) is 92.6 Å². The van der Waals surface area contributed by atoms with Crippen LogP contribution >= 0.6 is 0 Å². The van der Waals surface area contributed by atoms with E-state index in [2.05, 4.69) is 5.16 Å². The minimum atomic E-state index is -2.27. The summed E-state index contributed by atoms with van der Waals surface area (Å²) in [7, 11) is -0.726. The Bertz CT molecular complexity index is 1350. The van der Waals surface area contributed by atoms with Crippen molar-refractivity contribution < 1.29 is 27.6 Å². The lowest BCUT2D eigenvalue weighted by Gasteiger charge is -2.36. The summed E-state index contributed by atoms with van der Waals surface area (Å²) >= 11 is 0. The van der Waals surface area contributed by atoms with Gasteiger partial charge in [-0.2, -0.15) is 5.16 Å². The number of benzene rings is 2. The van der Waals surface area contributed by atoms with E-state index in [0.717, 1.165) is 5.56 Å². The van der Waals surface area contributed by atoms with Gasteiger partial charge in [0.25, 0.3) is 5.56 Å². The van der Waals surface area contributed by atoms with Crippen LogP contribution in [0, 0.1) is 11.6 Å². The van der Waals surface area contributed by atoms with E-state index in [1.807, 2.05) is 25.7 Å². The number of carbonyl (C=O) groups excluding carboxylic acids is 2. The quantitative estimate of drug-likeness (QED) is 0.489. The number of carbonyl (C=O) groups is 2. The van der Waals surface area contributed by atoms with Crippen LogP contribution in [-0.2, 0) is 28.9 Å². The average molecular weight is 515 g/mol. The van der Waals surface area contributed by atoms with Gasteiger partial charge in [-0.3, -0.25) is 14.4 Å². The van der Waals surface area contributed by atoms with Gasteiger partial charge in [0, 0.05) is 24.2 Å². The Hall–Kier alpha value is -3.53. The molecule has 1 aliphatic rings. The third-order valence-electron chi connectivity index (χ3n) is 6.33. The molecule has 0 saturated carbocycles. The van der Waals surface area contributed by atoms with Crippen molar-refractivity contribution in [2.75, 3.05) is 13.7 Å². The highest BCUT2D eigenvalue weighted by atomic mass is 28.3. The molecule has 4 rings (SSSR count). The van der Waals surface area contributed by atoms with Crippen molar-refractivity contribution in [3.8, 4) is 5.75 Å². The molecule has 1 N–H and O–H groups in total. The summed E-state index contributed by atoms with van der Waals surface area (Å²) in [6, 6.07) is 7.93. The molecule has 0 fully saturated rings. The largest absolute Gasteiger partial charge is 0.497 e. The van der Waals surface area contributed by atoms with Crippen LogP contribution < -0.4 is 15.5 Å². The summed E-state index contributed by atoms with van der Waals surface area (Å²) in [5, 5.41) is 2.24. The number of nitrogens with zero attached hydrogens (tertiary/aromatic N) is 1. The van der Waals surface area contributed by atoms with Gasteiger partial charge in [0.2, 0.25) is 5.91 Å². The smallest absolute Gasteiger partial charge is 0.280 e. The van der Waals surface area contributed by atoms with Crippen LogP contribution in [0.2, 0.25) is 19.6 Å². The van der Waals surface area contributed by atoms with E-state index in [9.17, 15) is 23.2 Å². The Morgan fingerprint density at radius 1 is 1.11 bits per heavy atom. The maximum absolute atomic E-state index is 14.8. The Morgan fingerprint density at radius 2 is 1.81 bits per heavy atom. The number of aromatic amines is 1. The fourth-order valence-corrected chi connectivity index (χ4v) is 6.32. The van der Waals surface area contributed by atoms with E-state index in [0.29, 0.717) is 17.7 Å². The van der Waals surface area contributed by atoms with Gasteiger partial charge in [-0.15, -0.1) is 0 Å². The minimum Gasteiger partial charge on any atom is -0.497 e. The molecule has 10 heteroatoms. The number of aromatic nitrogens is 1. The zero-order valence-electron chi connectivity index (χ0n) is 20.6. The van der Waals surface area contributed by atoms with Gasteiger partial charge in [0.05, 0.1) is 21.6 Å². The number of methoxy groups -OCH3 is 1. The molecule has 0 radical (unpaired) electrons. The lowest BCUT2D eigenvalue weighted by atomic mass is 9.87. The number of amides is 1. The van der Waals surface area contributed by atoms with Gasteiger partial charge in [-0.05, 0) is 47.4 Å². The molecule has 0 bridgehead atoms. The van der Waals surface area contributed by atoms with E-state index in [4.69, 9.17) is 9.26 Å². The second-order valence-electron chi connectivity index (χ2n) is 9.99. The van der Waals surface area contributed by atoms with Crippen molar-refractivity contribution >= 4 is 25.0 Å². The molecular formula is C26H28F2N2O5Si. The van der Waals surface area contributed by atoms with Crippen molar-refractivity contribution in [3.05, 3.63) is 80.8 Å². The maximum atomic E-state index is 14.8. The molecule has 0 saturated heterocycles. The van der Waals surface area contributed by atoms with Crippen LogP contribution in [0.3, 0.4) is 0 Å². The molecule has 2 heterocycles. The summed E-state index contributed by atoms with van der Waals surface area (Å²) in [5.74, 6) is -1.29. The molecule has 7 nitrogen and oxygen atoms in total. The molecular weight excluding hydrogens is 486 g/mol. The molecule has 36 heavy (non-hydrogen) atoms. The third-order valence-corrected chi connectivity index (χ3v) is 8.31. The fraction of sp³-hybridized carbons (Fsp3) is 0.346. The summed E-state index contributed by atoms with van der Waals surface area (Å²) < 4.78 is 40.0. The van der Waals surface area contributed by atoms with Gasteiger partial charge in [-0.25, -0.2) is 8.78 Å². The first-order valence-corrected chi connectivity index (χ1v) is 15.1. The zero-order valence-corrected chi connectivity index (χ0v) is 21.6. The Morgan fingerprint density at radius 3 is 2.39 bits per heavy atom. The SMILES string of the molecule is COc1ccc2c(c1)CCN(C(=O)Cc1cc(=O)[nH]o1)[C@H]2C(=O)Cc1cc(F)c([Si](C)(C)C)c(F)c1. The number of ketones is 1. The monoisotopic (exact) mass is 514 g/mol. The number of rotatable bonds is 7.